The molecule has 14 heavy (non-hydrogen) atoms. The highest BCUT2D eigenvalue weighted by Gasteiger charge is 1.95. The normalized spacial score (nSPS) is 9.14. The van der Waals surface area contributed by atoms with E-state index in [-0.39, 0.29) is 0 Å². The van der Waals surface area contributed by atoms with Gasteiger partial charge in [-0.1, -0.05) is 12.2 Å². The predicted molar refractivity (Wildman–Crippen MR) is 58.2 cm³/mol. The molecule has 0 atom stereocenters. The second-order valence-electron chi connectivity index (χ2n) is 2.55. The molecule has 1 aromatic heterocycles. The van der Waals surface area contributed by atoms with Crippen LogP contribution in [0.5, 0.6) is 0 Å². The Morgan fingerprint density at radius 2 is 2.00 bits per heavy atom. The number of anilines is 2. The molecule has 1 radical (unpaired) electrons. The van der Waals surface area contributed by atoms with Crippen LogP contribution in [0.2, 0.25) is 0 Å². The fourth-order valence-corrected chi connectivity index (χ4v) is 0.836. The van der Waals surface area contributed by atoms with E-state index in [1.807, 2.05) is 0 Å². The van der Waals surface area contributed by atoms with Gasteiger partial charge < -0.3 is 10.6 Å². The molecule has 73 valence electrons. The minimum Gasteiger partial charge on any atom is -0.366 e. The molecule has 0 bridgehead atoms. The van der Waals surface area contributed by atoms with Crippen molar-refractivity contribution >= 4 is 11.8 Å². The van der Waals surface area contributed by atoms with E-state index in [1.54, 1.807) is 18.2 Å². The third kappa shape index (κ3) is 3.26. The second-order valence-corrected chi connectivity index (χ2v) is 2.55. The molecule has 0 amide bonds. The number of rotatable bonds is 6. The van der Waals surface area contributed by atoms with Gasteiger partial charge in [0.1, 0.15) is 5.82 Å². The molecule has 4 nitrogen and oxygen atoms in total. The molecule has 1 heterocycles. The maximum atomic E-state index is 4.19. The first-order chi connectivity index (χ1) is 6.86. The Balaban J connectivity index is 2.58. The number of hydrogen-bond acceptors (Lipinski definition) is 4. The van der Waals surface area contributed by atoms with E-state index in [2.05, 4.69) is 40.0 Å². The lowest BCUT2D eigenvalue weighted by atomic mass is 10.5. The number of nitrogens with one attached hydrogen (secondary N) is 2. The summed E-state index contributed by atoms with van der Waals surface area (Å²) in [5.41, 5.74) is 0. The molecule has 0 saturated heterocycles. The van der Waals surface area contributed by atoms with Gasteiger partial charge in [-0.15, -0.1) is 13.2 Å². The molecule has 0 aliphatic carbocycles. The largest absolute Gasteiger partial charge is 0.366 e. The van der Waals surface area contributed by atoms with E-state index in [1.165, 1.54) is 0 Å². The number of aromatic nitrogens is 2. The molecule has 0 fully saturated rings. The number of hydrogen-bond donors (Lipinski definition) is 2. The molecule has 1 aromatic rings. The first-order valence-electron chi connectivity index (χ1n) is 4.31. The molecule has 0 aliphatic heterocycles. The molecule has 4 heteroatoms. The third-order valence-corrected chi connectivity index (χ3v) is 1.43. The Morgan fingerprint density at radius 3 is 2.71 bits per heavy atom. The van der Waals surface area contributed by atoms with Crippen molar-refractivity contribution in [3.8, 4) is 0 Å². The SMILES string of the molecule is C=CCNc1c[c]nc(NCC=C)n1. The van der Waals surface area contributed by atoms with E-state index in [9.17, 15) is 0 Å². The minimum atomic E-state index is 0.541. The zero-order valence-electron chi connectivity index (χ0n) is 7.95. The van der Waals surface area contributed by atoms with E-state index in [0.29, 0.717) is 19.0 Å². The summed E-state index contributed by atoms with van der Waals surface area (Å²) in [5.74, 6) is 1.27. The standard InChI is InChI=1S/C10H13N4/c1-3-6-11-9-5-8-13-10(14-9)12-7-4-2/h3-5H,1-2,6-7H2,(H2,11,12,13,14). The summed E-state index contributed by atoms with van der Waals surface area (Å²) in [4.78, 5) is 8.11. The van der Waals surface area contributed by atoms with Crippen LogP contribution in [0.4, 0.5) is 11.8 Å². The van der Waals surface area contributed by atoms with Gasteiger partial charge in [0, 0.05) is 19.2 Å². The highest BCUT2D eigenvalue weighted by molar-refractivity contribution is 5.39. The Kier molecular flexibility index (Phi) is 4.20. The van der Waals surface area contributed by atoms with Crippen LogP contribution in [0, 0.1) is 6.20 Å². The highest BCUT2D eigenvalue weighted by atomic mass is 15.1. The van der Waals surface area contributed by atoms with Gasteiger partial charge in [0.25, 0.3) is 0 Å². The van der Waals surface area contributed by atoms with Gasteiger partial charge in [0.05, 0.1) is 6.20 Å². The number of nitrogens with zero attached hydrogens (tertiary/aromatic N) is 2. The Morgan fingerprint density at radius 1 is 1.29 bits per heavy atom. The molecule has 0 aromatic carbocycles. The van der Waals surface area contributed by atoms with Gasteiger partial charge in [-0.05, 0) is 0 Å². The summed E-state index contributed by atoms with van der Waals surface area (Å²) in [6.45, 7) is 8.50. The van der Waals surface area contributed by atoms with Gasteiger partial charge in [0.15, 0.2) is 0 Å². The van der Waals surface area contributed by atoms with Crippen molar-refractivity contribution in [2.24, 2.45) is 0 Å². The smallest absolute Gasteiger partial charge is 0.225 e. The van der Waals surface area contributed by atoms with Gasteiger partial charge in [-0.3, -0.25) is 0 Å². The Hall–Kier alpha value is -1.84. The summed E-state index contributed by atoms with van der Waals surface area (Å²) in [6, 6.07) is 1.68. The molecular formula is C10H13N4. The van der Waals surface area contributed by atoms with Gasteiger partial charge >= 0.3 is 0 Å². The molecule has 0 saturated carbocycles. The summed E-state index contributed by atoms with van der Waals surface area (Å²) in [5, 5.41) is 6.02. The zero-order valence-corrected chi connectivity index (χ0v) is 7.95. The van der Waals surface area contributed by atoms with Crippen molar-refractivity contribution in [2.75, 3.05) is 23.7 Å². The van der Waals surface area contributed by atoms with Crippen LogP contribution in [-0.4, -0.2) is 23.1 Å². The van der Waals surface area contributed by atoms with Gasteiger partial charge in [-0.2, -0.15) is 4.98 Å². The molecule has 2 N–H and O–H groups in total. The van der Waals surface area contributed by atoms with Crippen molar-refractivity contribution in [3.05, 3.63) is 37.6 Å². The average Bonchev–Trinajstić information content (AvgIpc) is 2.24. The fraction of sp³-hybridized carbons (Fsp3) is 0.200. The lowest BCUT2D eigenvalue weighted by Crippen LogP contribution is -2.06. The van der Waals surface area contributed by atoms with E-state index in [4.69, 9.17) is 0 Å². The van der Waals surface area contributed by atoms with Crippen LogP contribution < -0.4 is 10.6 Å². The quantitative estimate of drug-likeness (QED) is 0.665. The van der Waals surface area contributed by atoms with Crippen molar-refractivity contribution in [3.63, 3.8) is 0 Å². The van der Waals surface area contributed by atoms with Crippen LogP contribution in [0.3, 0.4) is 0 Å². The van der Waals surface area contributed by atoms with Crippen molar-refractivity contribution < 1.29 is 0 Å². The van der Waals surface area contributed by atoms with E-state index < -0.39 is 0 Å². The first kappa shape index (κ1) is 10.2. The molecule has 0 unspecified atom stereocenters. The molecule has 1 rings (SSSR count). The van der Waals surface area contributed by atoms with Gasteiger partial charge in [0.2, 0.25) is 5.95 Å². The van der Waals surface area contributed by atoms with Crippen molar-refractivity contribution in [1.29, 1.82) is 0 Å². The van der Waals surface area contributed by atoms with Crippen LogP contribution in [0.25, 0.3) is 0 Å². The monoisotopic (exact) mass is 189 g/mol. The maximum absolute atomic E-state index is 4.19. The minimum absolute atomic E-state index is 0.541. The average molecular weight is 189 g/mol. The molecule has 0 aliphatic rings. The molecule has 0 spiro atoms. The fourth-order valence-electron chi connectivity index (χ4n) is 0.836. The van der Waals surface area contributed by atoms with Gasteiger partial charge in [-0.25, -0.2) is 4.98 Å². The first-order valence-corrected chi connectivity index (χ1v) is 4.31. The van der Waals surface area contributed by atoms with Crippen LogP contribution >= 0.6 is 0 Å². The van der Waals surface area contributed by atoms with Crippen LogP contribution in [0.15, 0.2) is 31.4 Å². The Bertz CT molecular complexity index is 281. The highest BCUT2D eigenvalue weighted by Crippen LogP contribution is 2.04. The summed E-state index contributed by atoms with van der Waals surface area (Å²) in [7, 11) is 0. The van der Waals surface area contributed by atoms with Crippen LogP contribution in [0.1, 0.15) is 0 Å². The third-order valence-electron chi connectivity index (χ3n) is 1.43. The lowest BCUT2D eigenvalue weighted by Gasteiger charge is -2.04. The van der Waals surface area contributed by atoms with E-state index in [0.717, 1.165) is 5.82 Å². The van der Waals surface area contributed by atoms with Crippen LogP contribution in [-0.2, 0) is 0 Å². The zero-order chi connectivity index (χ0) is 10.2. The molecular weight excluding hydrogens is 176 g/mol. The summed E-state index contributed by atoms with van der Waals surface area (Å²) in [6.07, 6.45) is 6.25. The maximum Gasteiger partial charge on any atom is 0.225 e. The second kappa shape index (κ2) is 5.75. The Labute approximate surface area is 83.8 Å². The van der Waals surface area contributed by atoms with Crippen molar-refractivity contribution in [1.82, 2.24) is 9.97 Å². The summed E-state index contributed by atoms with van der Waals surface area (Å²) < 4.78 is 0. The topological polar surface area (TPSA) is 49.8 Å². The van der Waals surface area contributed by atoms with Crippen molar-refractivity contribution in [2.45, 2.75) is 0 Å². The lowest BCUT2D eigenvalue weighted by molar-refractivity contribution is 1.10. The van der Waals surface area contributed by atoms with E-state index >= 15 is 0 Å². The summed E-state index contributed by atoms with van der Waals surface area (Å²) >= 11 is 0. The predicted octanol–water partition coefficient (Wildman–Crippen LogP) is 1.47.